The second-order valence-electron chi connectivity index (χ2n) is 3.17. The van der Waals surface area contributed by atoms with Crippen molar-refractivity contribution in [3.63, 3.8) is 0 Å². The van der Waals surface area contributed by atoms with E-state index in [1.165, 1.54) is 0 Å². The topological polar surface area (TPSA) is 17.1 Å². The third kappa shape index (κ3) is 1.46. The Bertz CT molecular complexity index is 362. The van der Waals surface area contributed by atoms with Crippen LogP contribution < -0.4 is 0 Å². The molecule has 0 saturated heterocycles. The largest absolute Gasteiger partial charge is 0.291 e. The number of ketones is 1. The number of hydrogen-bond acceptors (Lipinski definition) is 1. The van der Waals surface area contributed by atoms with Crippen molar-refractivity contribution in [2.24, 2.45) is 0 Å². The molecule has 0 amide bonds. The molecule has 0 fully saturated rings. The number of hydrogen-bond donors (Lipinski definition) is 0. The number of Topliss-reactive ketones (excluding diaryl/α,β-unsaturated/α-hetero) is 1. The Labute approximate surface area is 80.5 Å². The monoisotopic (exact) mass is 198 g/mol. The Kier molecular flexibility index (Phi) is 2.08. The fourth-order valence-electron chi connectivity index (χ4n) is 1.59. The molecule has 68 valence electrons. The molecule has 2 rings (SSSR count). The number of rotatable bonds is 0. The molecule has 1 aromatic rings. The van der Waals surface area contributed by atoms with Crippen molar-refractivity contribution in [1.29, 1.82) is 0 Å². The highest BCUT2D eigenvalue weighted by Crippen LogP contribution is 2.25. The molecule has 1 aromatic carbocycles. The Balaban J connectivity index is 2.50. The molecule has 0 radical (unpaired) electrons. The van der Waals surface area contributed by atoms with Gasteiger partial charge in [-0.05, 0) is 36.6 Å². The summed E-state index contributed by atoms with van der Waals surface area (Å²) >= 11 is 5.76. The van der Waals surface area contributed by atoms with Crippen molar-refractivity contribution in [1.82, 2.24) is 0 Å². The first-order valence-corrected chi connectivity index (χ1v) is 4.53. The average molecular weight is 199 g/mol. The molecule has 0 heterocycles. The van der Waals surface area contributed by atoms with E-state index in [9.17, 15) is 9.18 Å². The number of aryl methyl sites for hydroxylation is 1. The lowest BCUT2D eigenvalue weighted by atomic mass is 9.89. The first-order valence-electron chi connectivity index (χ1n) is 4.15. The van der Waals surface area contributed by atoms with Gasteiger partial charge in [-0.3, -0.25) is 4.79 Å². The molecule has 1 aliphatic carbocycles. The normalized spacial score (nSPS) is 21.4. The van der Waals surface area contributed by atoms with Gasteiger partial charge in [0.1, 0.15) is 0 Å². The zero-order valence-electron chi connectivity index (χ0n) is 6.89. The standard InChI is InChI=1S/C10H8ClFO/c11-7-2-3-8-6(5-7)1-4-9(12)10(8)13/h2-3,5,9H,1,4H2. The fraction of sp³-hybridized carbons (Fsp3) is 0.300. The second-order valence-corrected chi connectivity index (χ2v) is 3.61. The Morgan fingerprint density at radius 3 is 3.00 bits per heavy atom. The van der Waals surface area contributed by atoms with Gasteiger partial charge in [-0.2, -0.15) is 0 Å². The highest BCUT2D eigenvalue weighted by molar-refractivity contribution is 6.30. The van der Waals surface area contributed by atoms with Crippen molar-refractivity contribution in [2.75, 3.05) is 0 Å². The average Bonchev–Trinajstić information content (AvgIpc) is 2.12. The van der Waals surface area contributed by atoms with E-state index in [1.54, 1.807) is 18.2 Å². The molecule has 1 nitrogen and oxygen atoms in total. The molecule has 0 aliphatic heterocycles. The number of halogens is 2. The highest BCUT2D eigenvalue weighted by atomic mass is 35.5. The van der Waals surface area contributed by atoms with Crippen molar-refractivity contribution >= 4 is 17.4 Å². The van der Waals surface area contributed by atoms with Gasteiger partial charge in [0.2, 0.25) is 0 Å². The van der Waals surface area contributed by atoms with Gasteiger partial charge in [-0.1, -0.05) is 11.6 Å². The maximum Gasteiger partial charge on any atom is 0.197 e. The van der Waals surface area contributed by atoms with Gasteiger partial charge >= 0.3 is 0 Å². The molecule has 0 spiro atoms. The van der Waals surface area contributed by atoms with E-state index in [0.29, 0.717) is 17.0 Å². The summed E-state index contributed by atoms with van der Waals surface area (Å²) in [6.07, 6.45) is -0.441. The number of fused-ring (bicyclic) bond motifs is 1. The van der Waals surface area contributed by atoms with Gasteiger partial charge in [0.15, 0.2) is 12.0 Å². The summed E-state index contributed by atoms with van der Waals surface area (Å²) in [7, 11) is 0. The van der Waals surface area contributed by atoms with Crippen LogP contribution in [0, 0.1) is 0 Å². The maximum atomic E-state index is 13.0. The van der Waals surface area contributed by atoms with Crippen molar-refractivity contribution in [2.45, 2.75) is 19.0 Å². The maximum absolute atomic E-state index is 13.0. The van der Waals surface area contributed by atoms with Crippen LogP contribution in [-0.2, 0) is 6.42 Å². The lowest BCUT2D eigenvalue weighted by Crippen LogP contribution is -2.23. The van der Waals surface area contributed by atoms with Crippen LogP contribution in [-0.4, -0.2) is 12.0 Å². The summed E-state index contributed by atoms with van der Waals surface area (Å²) in [5, 5.41) is 0.601. The van der Waals surface area contributed by atoms with E-state index in [1.807, 2.05) is 0 Å². The van der Waals surface area contributed by atoms with Gasteiger partial charge in [0, 0.05) is 10.6 Å². The Morgan fingerprint density at radius 1 is 1.46 bits per heavy atom. The number of carbonyl (C=O) groups excluding carboxylic acids is 1. The minimum Gasteiger partial charge on any atom is -0.291 e. The molecule has 0 aromatic heterocycles. The molecular weight excluding hydrogens is 191 g/mol. The lowest BCUT2D eigenvalue weighted by Gasteiger charge is -2.17. The minimum atomic E-state index is -1.33. The first-order chi connectivity index (χ1) is 6.18. The Hall–Kier alpha value is -0.890. The van der Waals surface area contributed by atoms with Gasteiger partial charge in [-0.15, -0.1) is 0 Å². The molecule has 0 saturated carbocycles. The van der Waals surface area contributed by atoms with Crippen LogP contribution in [0.4, 0.5) is 4.39 Å². The molecule has 1 aliphatic rings. The zero-order chi connectivity index (χ0) is 9.42. The van der Waals surface area contributed by atoms with Crippen molar-refractivity contribution in [3.8, 4) is 0 Å². The molecule has 1 atom stereocenters. The van der Waals surface area contributed by atoms with Crippen molar-refractivity contribution < 1.29 is 9.18 Å². The Morgan fingerprint density at radius 2 is 2.23 bits per heavy atom. The molecule has 1 unspecified atom stereocenters. The van der Waals surface area contributed by atoms with Crippen LogP contribution in [0.3, 0.4) is 0 Å². The number of alkyl halides is 1. The van der Waals surface area contributed by atoms with Crippen LogP contribution in [0.15, 0.2) is 18.2 Å². The zero-order valence-corrected chi connectivity index (χ0v) is 7.64. The van der Waals surface area contributed by atoms with E-state index in [-0.39, 0.29) is 6.42 Å². The second kappa shape index (κ2) is 3.11. The molecule has 13 heavy (non-hydrogen) atoms. The lowest BCUT2D eigenvalue weighted by molar-refractivity contribution is 0.0856. The van der Waals surface area contributed by atoms with E-state index >= 15 is 0 Å². The number of benzene rings is 1. The predicted molar refractivity (Wildman–Crippen MR) is 49.0 cm³/mol. The van der Waals surface area contributed by atoms with Crippen LogP contribution in [0.2, 0.25) is 5.02 Å². The predicted octanol–water partition coefficient (Wildman–Crippen LogP) is 2.81. The molecule has 0 N–H and O–H groups in total. The summed E-state index contributed by atoms with van der Waals surface area (Å²) in [5.74, 6) is -0.405. The summed E-state index contributed by atoms with van der Waals surface area (Å²) in [4.78, 5) is 11.3. The van der Waals surface area contributed by atoms with Crippen LogP contribution in [0.1, 0.15) is 22.3 Å². The van der Waals surface area contributed by atoms with Gasteiger partial charge in [0.25, 0.3) is 0 Å². The van der Waals surface area contributed by atoms with E-state index < -0.39 is 12.0 Å². The van der Waals surface area contributed by atoms with Crippen LogP contribution >= 0.6 is 11.6 Å². The highest BCUT2D eigenvalue weighted by Gasteiger charge is 2.26. The molecular formula is C10H8ClFO. The van der Waals surface area contributed by atoms with Gasteiger partial charge in [0.05, 0.1) is 0 Å². The number of carbonyl (C=O) groups is 1. The summed E-state index contributed by atoms with van der Waals surface area (Å²) < 4.78 is 13.0. The van der Waals surface area contributed by atoms with E-state index in [2.05, 4.69) is 0 Å². The fourth-order valence-corrected chi connectivity index (χ4v) is 1.79. The third-order valence-corrected chi connectivity index (χ3v) is 2.52. The van der Waals surface area contributed by atoms with Crippen LogP contribution in [0.5, 0.6) is 0 Å². The minimum absolute atomic E-state index is 0.284. The van der Waals surface area contributed by atoms with Crippen molar-refractivity contribution in [3.05, 3.63) is 34.3 Å². The van der Waals surface area contributed by atoms with Crippen LogP contribution in [0.25, 0.3) is 0 Å². The summed E-state index contributed by atoms with van der Waals surface area (Å²) in [5.41, 5.74) is 1.36. The van der Waals surface area contributed by atoms with E-state index in [0.717, 1.165) is 5.56 Å². The summed E-state index contributed by atoms with van der Waals surface area (Å²) in [6, 6.07) is 4.96. The van der Waals surface area contributed by atoms with Gasteiger partial charge < -0.3 is 0 Å². The SMILES string of the molecule is O=C1c2ccc(Cl)cc2CCC1F. The third-order valence-electron chi connectivity index (χ3n) is 2.28. The molecule has 3 heteroatoms. The molecule has 0 bridgehead atoms. The van der Waals surface area contributed by atoms with E-state index in [4.69, 9.17) is 11.6 Å². The quantitative estimate of drug-likeness (QED) is 0.627. The smallest absolute Gasteiger partial charge is 0.197 e. The van der Waals surface area contributed by atoms with Gasteiger partial charge in [-0.25, -0.2) is 4.39 Å². The summed E-state index contributed by atoms with van der Waals surface area (Å²) in [6.45, 7) is 0. The first kappa shape index (κ1) is 8.70.